The van der Waals surface area contributed by atoms with Crippen LogP contribution >= 0.6 is 0 Å². The molecular weight excluding hydrogens is 352 g/mol. The van der Waals surface area contributed by atoms with E-state index in [1.807, 2.05) is 52.3 Å². The smallest absolute Gasteiger partial charge is 0.232 e. The molecule has 2 aliphatic heterocycles. The number of hydrogen-bond acceptors (Lipinski definition) is 3. The van der Waals surface area contributed by atoms with Crippen molar-refractivity contribution in [3.63, 3.8) is 0 Å². The van der Waals surface area contributed by atoms with E-state index in [4.69, 9.17) is 4.74 Å². The van der Waals surface area contributed by atoms with Gasteiger partial charge in [-0.05, 0) is 42.5 Å². The lowest BCUT2D eigenvalue weighted by molar-refractivity contribution is -0.128. The van der Waals surface area contributed by atoms with E-state index < -0.39 is 0 Å². The van der Waals surface area contributed by atoms with Crippen molar-refractivity contribution in [2.24, 2.45) is 5.92 Å². The third kappa shape index (κ3) is 3.61. The lowest BCUT2D eigenvalue weighted by Gasteiger charge is -2.31. The molecule has 2 aromatic rings. The lowest BCUT2D eigenvalue weighted by Crippen LogP contribution is -2.40. The van der Waals surface area contributed by atoms with Crippen molar-refractivity contribution in [2.75, 3.05) is 31.6 Å². The quantitative estimate of drug-likeness (QED) is 0.803. The second kappa shape index (κ2) is 8.05. The Morgan fingerprint density at radius 1 is 1.14 bits per heavy atom. The van der Waals surface area contributed by atoms with E-state index in [9.17, 15) is 9.59 Å². The Bertz CT molecular complexity index is 880. The molecule has 2 aromatic carbocycles. The summed E-state index contributed by atoms with van der Waals surface area (Å²) in [7, 11) is 1.66. The van der Waals surface area contributed by atoms with Crippen molar-refractivity contribution in [3.05, 3.63) is 59.7 Å². The summed E-state index contributed by atoms with van der Waals surface area (Å²) in [6, 6.07) is 16.0. The number of amides is 2. The molecule has 0 saturated carbocycles. The molecule has 2 amide bonds. The molecular formula is C23H26N2O3. The average molecular weight is 378 g/mol. The van der Waals surface area contributed by atoms with Crippen LogP contribution in [-0.2, 0) is 22.4 Å². The number of ether oxygens (including phenoxy) is 1. The third-order valence-corrected chi connectivity index (χ3v) is 5.78. The predicted octanol–water partition coefficient (Wildman–Crippen LogP) is 3.07. The average Bonchev–Trinajstić information content (AvgIpc) is 3.12. The molecule has 2 aliphatic rings. The number of carbonyl (C=O) groups is 2. The molecule has 0 aromatic heterocycles. The van der Waals surface area contributed by atoms with Crippen LogP contribution in [0.25, 0.3) is 0 Å². The molecule has 1 unspecified atom stereocenters. The second-order valence-corrected chi connectivity index (χ2v) is 7.52. The van der Waals surface area contributed by atoms with Gasteiger partial charge in [0.25, 0.3) is 0 Å². The number of anilines is 1. The maximum atomic E-state index is 13.2. The summed E-state index contributed by atoms with van der Waals surface area (Å²) in [6.45, 7) is 1.85. The molecule has 0 aliphatic carbocycles. The summed E-state index contributed by atoms with van der Waals surface area (Å²) in [6.07, 6.45) is 3.02. The van der Waals surface area contributed by atoms with Crippen molar-refractivity contribution in [1.29, 1.82) is 0 Å². The first kappa shape index (κ1) is 18.5. The summed E-state index contributed by atoms with van der Waals surface area (Å²) in [5.41, 5.74) is 3.32. The molecule has 1 saturated heterocycles. The van der Waals surface area contributed by atoms with Gasteiger partial charge in [0.1, 0.15) is 5.75 Å². The number of likely N-dealkylation sites (tertiary alicyclic amines) is 1. The molecule has 28 heavy (non-hydrogen) atoms. The first-order valence-electron chi connectivity index (χ1n) is 9.96. The van der Waals surface area contributed by atoms with E-state index in [1.165, 1.54) is 5.56 Å². The van der Waals surface area contributed by atoms with Gasteiger partial charge in [-0.2, -0.15) is 0 Å². The maximum Gasteiger partial charge on any atom is 0.232 e. The fourth-order valence-electron chi connectivity index (χ4n) is 4.30. The molecule has 2 heterocycles. The Hall–Kier alpha value is -2.82. The summed E-state index contributed by atoms with van der Waals surface area (Å²) in [4.78, 5) is 29.4. The molecule has 1 atom stereocenters. The Morgan fingerprint density at radius 3 is 2.79 bits per heavy atom. The fraction of sp³-hybridized carbons (Fsp3) is 0.391. The van der Waals surface area contributed by atoms with Gasteiger partial charge >= 0.3 is 0 Å². The number of nitrogens with zero attached hydrogens (tertiary/aromatic N) is 2. The van der Waals surface area contributed by atoms with Gasteiger partial charge in [-0.15, -0.1) is 0 Å². The minimum Gasteiger partial charge on any atom is -0.496 e. The van der Waals surface area contributed by atoms with Crippen LogP contribution in [0.1, 0.15) is 24.0 Å². The van der Waals surface area contributed by atoms with Gasteiger partial charge in [0.15, 0.2) is 0 Å². The maximum absolute atomic E-state index is 13.2. The van der Waals surface area contributed by atoms with E-state index in [0.717, 1.165) is 42.8 Å². The van der Waals surface area contributed by atoms with E-state index >= 15 is 0 Å². The second-order valence-electron chi connectivity index (χ2n) is 7.52. The molecule has 1 fully saturated rings. The van der Waals surface area contributed by atoms with E-state index in [0.29, 0.717) is 19.5 Å². The van der Waals surface area contributed by atoms with Crippen LogP contribution < -0.4 is 9.64 Å². The normalized spacial score (nSPS) is 18.9. The van der Waals surface area contributed by atoms with Crippen molar-refractivity contribution in [2.45, 2.75) is 25.7 Å². The summed E-state index contributed by atoms with van der Waals surface area (Å²) in [5, 5.41) is 0. The molecule has 0 N–H and O–H groups in total. The minimum absolute atomic E-state index is 0.0681. The molecule has 0 radical (unpaired) electrons. The van der Waals surface area contributed by atoms with Gasteiger partial charge in [0.2, 0.25) is 11.8 Å². The number of methoxy groups -OCH3 is 1. The molecule has 0 bridgehead atoms. The topological polar surface area (TPSA) is 49.9 Å². The van der Waals surface area contributed by atoms with Gasteiger partial charge in [-0.1, -0.05) is 36.4 Å². The van der Waals surface area contributed by atoms with E-state index in [1.54, 1.807) is 7.11 Å². The molecule has 0 spiro atoms. The summed E-state index contributed by atoms with van der Waals surface area (Å²) < 4.78 is 5.40. The Morgan fingerprint density at radius 2 is 1.93 bits per heavy atom. The van der Waals surface area contributed by atoms with Gasteiger partial charge in [0, 0.05) is 31.7 Å². The monoisotopic (exact) mass is 378 g/mol. The number of hydrogen-bond donors (Lipinski definition) is 0. The lowest BCUT2D eigenvalue weighted by atomic mass is 9.99. The highest BCUT2D eigenvalue weighted by molar-refractivity contribution is 5.99. The van der Waals surface area contributed by atoms with Crippen LogP contribution in [0.15, 0.2) is 48.5 Å². The van der Waals surface area contributed by atoms with Crippen molar-refractivity contribution in [3.8, 4) is 5.75 Å². The number of carbonyl (C=O) groups excluding carboxylic acids is 2. The largest absolute Gasteiger partial charge is 0.496 e. The highest BCUT2D eigenvalue weighted by atomic mass is 16.5. The van der Waals surface area contributed by atoms with Gasteiger partial charge in [-0.3, -0.25) is 9.59 Å². The first-order chi connectivity index (χ1) is 13.7. The van der Waals surface area contributed by atoms with E-state index in [2.05, 4.69) is 6.07 Å². The van der Waals surface area contributed by atoms with Crippen LogP contribution in [0.3, 0.4) is 0 Å². The molecule has 5 heteroatoms. The van der Waals surface area contributed by atoms with Crippen molar-refractivity contribution in [1.82, 2.24) is 4.90 Å². The van der Waals surface area contributed by atoms with Crippen LogP contribution in [0.4, 0.5) is 5.69 Å². The standard InChI is InChI=1S/C23H26N2O3/c1-28-21-11-5-3-8-18(21)12-14-24-16-19(15-22(24)26)23(27)25-13-6-9-17-7-2-4-10-20(17)25/h2-5,7-8,10-11,19H,6,9,12-16H2,1H3. The molecule has 146 valence electrons. The number of benzene rings is 2. The Labute approximate surface area is 165 Å². The van der Waals surface area contributed by atoms with Gasteiger partial charge in [0.05, 0.1) is 13.0 Å². The van der Waals surface area contributed by atoms with E-state index in [-0.39, 0.29) is 17.7 Å². The zero-order valence-electron chi connectivity index (χ0n) is 16.3. The Kier molecular flexibility index (Phi) is 5.33. The van der Waals surface area contributed by atoms with Crippen LogP contribution in [0.5, 0.6) is 5.75 Å². The number of para-hydroxylation sites is 2. The minimum atomic E-state index is -0.253. The summed E-state index contributed by atoms with van der Waals surface area (Å²) in [5.74, 6) is 0.738. The van der Waals surface area contributed by atoms with Crippen LogP contribution in [0, 0.1) is 5.92 Å². The molecule has 5 nitrogen and oxygen atoms in total. The summed E-state index contributed by atoms with van der Waals surface area (Å²) >= 11 is 0. The zero-order valence-corrected chi connectivity index (χ0v) is 16.3. The van der Waals surface area contributed by atoms with Crippen LogP contribution in [-0.4, -0.2) is 43.5 Å². The number of rotatable bonds is 5. The van der Waals surface area contributed by atoms with Crippen molar-refractivity contribution < 1.29 is 14.3 Å². The highest BCUT2D eigenvalue weighted by Crippen LogP contribution is 2.30. The third-order valence-electron chi connectivity index (χ3n) is 5.78. The van der Waals surface area contributed by atoms with Crippen LogP contribution in [0.2, 0.25) is 0 Å². The zero-order chi connectivity index (χ0) is 19.5. The Balaban J connectivity index is 1.42. The van der Waals surface area contributed by atoms with Gasteiger partial charge in [-0.25, -0.2) is 0 Å². The fourth-order valence-corrected chi connectivity index (χ4v) is 4.30. The predicted molar refractivity (Wildman–Crippen MR) is 109 cm³/mol. The highest BCUT2D eigenvalue weighted by Gasteiger charge is 2.37. The molecule has 4 rings (SSSR count). The van der Waals surface area contributed by atoms with Gasteiger partial charge < -0.3 is 14.5 Å². The SMILES string of the molecule is COc1ccccc1CCN1CC(C(=O)N2CCCc3ccccc32)CC1=O. The number of fused-ring (bicyclic) bond motifs is 1. The first-order valence-corrected chi connectivity index (χ1v) is 9.96. The van der Waals surface area contributed by atoms with Crippen molar-refractivity contribution >= 4 is 17.5 Å². The number of aryl methyl sites for hydroxylation is 1.